The van der Waals surface area contributed by atoms with E-state index in [4.69, 9.17) is 23.2 Å². The summed E-state index contributed by atoms with van der Waals surface area (Å²) in [6.45, 7) is 7.35. The van der Waals surface area contributed by atoms with Crippen molar-refractivity contribution in [1.29, 1.82) is 0 Å². The fraction of sp³-hybridized carbons (Fsp3) is 0.480. The molecule has 1 heterocycles. The SMILES string of the molecule is C[C@H](c1cc(Cl)cc(Cl)c1)N1CCN(Cc2cc(F)c(C(=O)NS(C)(=O)=O)cc2C2CC2)C[C@@H]1C. The monoisotopic (exact) mass is 541 g/mol. The Morgan fingerprint density at radius 1 is 1.14 bits per heavy atom. The Balaban J connectivity index is 1.48. The fourth-order valence-electron chi connectivity index (χ4n) is 4.95. The van der Waals surface area contributed by atoms with Crippen molar-refractivity contribution in [1.82, 2.24) is 14.5 Å². The van der Waals surface area contributed by atoms with Crippen molar-refractivity contribution >= 4 is 39.1 Å². The summed E-state index contributed by atoms with van der Waals surface area (Å²) in [6, 6.07) is 8.97. The van der Waals surface area contributed by atoms with E-state index in [1.54, 1.807) is 6.07 Å². The van der Waals surface area contributed by atoms with E-state index in [0.717, 1.165) is 55.4 Å². The van der Waals surface area contributed by atoms with Crippen LogP contribution in [0.3, 0.4) is 0 Å². The number of piperazine rings is 1. The Kier molecular flexibility index (Phi) is 7.79. The lowest BCUT2D eigenvalue weighted by molar-refractivity contribution is 0.0503. The van der Waals surface area contributed by atoms with Gasteiger partial charge in [-0.1, -0.05) is 23.2 Å². The number of sulfonamides is 1. The van der Waals surface area contributed by atoms with E-state index in [1.165, 1.54) is 12.1 Å². The van der Waals surface area contributed by atoms with Crippen molar-refractivity contribution in [3.63, 3.8) is 0 Å². The lowest BCUT2D eigenvalue weighted by Crippen LogP contribution is -2.52. The maximum Gasteiger partial charge on any atom is 0.267 e. The molecule has 1 N–H and O–H groups in total. The number of rotatable bonds is 7. The molecule has 10 heteroatoms. The van der Waals surface area contributed by atoms with Gasteiger partial charge in [-0.2, -0.15) is 0 Å². The summed E-state index contributed by atoms with van der Waals surface area (Å²) < 4.78 is 39.6. The standard InChI is InChI=1S/C25H30Cl2FN3O3S/c1-15-13-30(6-7-31(15)16(2)18-8-20(26)11-21(27)9-18)14-19-10-24(28)23(12-22(19)17-4-5-17)25(32)29-35(3,33)34/h8-12,15-17H,4-7,13-14H2,1-3H3,(H,29,32)/t15-,16+/m0/s1. The Hall–Kier alpha value is -1.71. The topological polar surface area (TPSA) is 69.7 Å². The van der Waals surface area contributed by atoms with Gasteiger partial charge in [0.15, 0.2) is 0 Å². The third kappa shape index (κ3) is 6.54. The van der Waals surface area contributed by atoms with E-state index in [2.05, 4.69) is 23.6 Å². The number of benzene rings is 2. The summed E-state index contributed by atoms with van der Waals surface area (Å²) in [7, 11) is -3.78. The number of hydrogen-bond acceptors (Lipinski definition) is 5. The zero-order chi connectivity index (χ0) is 25.5. The molecule has 0 aromatic heterocycles. The molecular formula is C25H30Cl2FN3O3S. The van der Waals surface area contributed by atoms with Crippen LogP contribution < -0.4 is 4.72 Å². The number of nitrogens with one attached hydrogen (secondary N) is 1. The predicted molar refractivity (Wildman–Crippen MR) is 137 cm³/mol. The summed E-state index contributed by atoms with van der Waals surface area (Å²) >= 11 is 12.4. The summed E-state index contributed by atoms with van der Waals surface area (Å²) in [5.74, 6) is -1.36. The first-order valence-electron chi connectivity index (χ1n) is 11.7. The predicted octanol–water partition coefficient (Wildman–Crippen LogP) is 4.97. The molecule has 190 valence electrons. The number of carbonyl (C=O) groups excluding carboxylic acids is 1. The minimum atomic E-state index is -3.78. The number of amides is 1. The molecule has 4 rings (SSSR count). The molecule has 35 heavy (non-hydrogen) atoms. The normalized spacial score (nSPS) is 20.6. The number of nitrogens with zero attached hydrogens (tertiary/aromatic N) is 2. The van der Waals surface area contributed by atoms with E-state index < -0.39 is 21.7 Å². The second kappa shape index (κ2) is 10.3. The van der Waals surface area contributed by atoms with Crippen LogP contribution in [0.25, 0.3) is 0 Å². The smallest absolute Gasteiger partial charge is 0.267 e. The first-order valence-corrected chi connectivity index (χ1v) is 14.3. The van der Waals surface area contributed by atoms with Crippen LogP contribution in [0.2, 0.25) is 10.0 Å². The first kappa shape index (κ1) is 26.4. The third-order valence-electron chi connectivity index (χ3n) is 6.79. The van der Waals surface area contributed by atoms with Crippen molar-refractivity contribution in [2.24, 2.45) is 0 Å². The van der Waals surface area contributed by atoms with E-state index in [0.29, 0.717) is 16.6 Å². The Morgan fingerprint density at radius 3 is 2.37 bits per heavy atom. The highest BCUT2D eigenvalue weighted by atomic mass is 35.5. The van der Waals surface area contributed by atoms with Gasteiger partial charge in [0, 0.05) is 48.3 Å². The zero-order valence-corrected chi connectivity index (χ0v) is 22.4. The molecule has 0 bridgehead atoms. The summed E-state index contributed by atoms with van der Waals surface area (Å²) in [5.41, 5.74) is 2.63. The Labute approximate surface area is 216 Å². The van der Waals surface area contributed by atoms with Crippen LogP contribution in [0.4, 0.5) is 4.39 Å². The molecular weight excluding hydrogens is 512 g/mol. The van der Waals surface area contributed by atoms with Crippen LogP contribution in [-0.2, 0) is 16.6 Å². The molecule has 1 saturated carbocycles. The first-order chi connectivity index (χ1) is 16.4. The molecule has 2 fully saturated rings. The fourth-order valence-corrected chi connectivity index (χ4v) is 5.94. The molecule has 6 nitrogen and oxygen atoms in total. The van der Waals surface area contributed by atoms with Gasteiger partial charge in [0.05, 0.1) is 11.8 Å². The molecule has 2 aromatic carbocycles. The van der Waals surface area contributed by atoms with Gasteiger partial charge in [0.25, 0.3) is 5.91 Å². The molecule has 0 unspecified atom stereocenters. The van der Waals surface area contributed by atoms with Crippen molar-refractivity contribution in [2.75, 3.05) is 25.9 Å². The van der Waals surface area contributed by atoms with E-state index in [9.17, 15) is 17.6 Å². The van der Waals surface area contributed by atoms with Crippen molar-refractivity contribution in [3.05, 3.63) is 68.4 Å². The van der Waals surface area contributed by atoms with Gasteiger partial charge in [-0.25, -0.2) is 17.5 Å². The molecule has 2 aromatic rings. The van der Waals surface area contributed by atoms with Gasteiger partial charge >= 0.3 is 0 Å². The minimum absolute atomic E-state index is 0.149. The summed E-state index contributed by atoms with van der Waals surface area (Å²) in [5, 5.41) is 1.24. The molecule has 0 spiro atoms. The molecule has 1 aliphatic heterocycles. The largest absolute Gasteiger partial charge is 0.296 e. The molecule has 0 radical (unpaired) electrons. The van der Waals surface area contributed by atoms with E-state index in [-0.39, 0.29) is 23.6 Å². The highest BCUT2D eigenvalue weighted by Crippen LogP contribution is 2.43. The second-order valence-electron chi connectivity index (χ2n) is 9.71. The lowest BCUT2D eigenvalue weighted by atomic mass is 9.97. The highest BCUT2D eigenvalue weighted by molar-refractivity contribution is 7.89. The average Bonchev–Trinajstić information content (AvgIpc) is 3.57. The number of hydrogen-bond donors (Lipinski definition) is 1. The molecule has 2 atom stereocenters. The van der Waals surface area contributed by atoms with Crippen molar-refractivity contribution in [2.45, 2.75) is 51.2 Å². The molecule has 1 saturated heterocycles. The van der Waals surface area contributed by atoms with Gasteiger partial charge < -0.3 is 0 Å². The molecule has 1 aliphatic carbocycles. The maximum absolute atomic E-state index is 14.9. The van der Waals surface area contributed by atoms with Gasteiger partial charge in [0.2, 0.25) is 10.0 Å². The zero-order valence-electron chi connectivity index (χ0n) is 20.0. The van der Waals surface area contributed by atoms with E-state index >= 15 is 0 Å². The summed E-state index contributed by atoms with van der Waals surface area (Å²) in [4.78, 5) is 17.0. The van der Waals surface area contributed by atoms with Crippen LogP contribution in [0.15, 0.2) is 30.3 Å². The van der Waals surface area contributed by atoms with Crippen LogP contribution >= 0.6 is 23.2 Å². The minimum Gasteiger partial charge on any atom is -0.296 e. The Bertz CT molecular complexity index is 1220. The molecule has 1 amide bonds. The highest BCUT2D eigenvalue weighted by Gasteiger charge is 2.32. The van der Waals surface area contributed by atoms with Crippen LogP contribution in [-0.4, -0.2) is 56.1 Å². The second-order valence-corrected chi connectivity index (χ2v) is 12.3. The van der Waals surface area contributed by atoms with Gasteiger partial charge in [0.1, 0.15) is 5.82 Å². The van der Waals surface area contributed by atoms with Gasteiger partial charge in [-0.3, -0.25) is 14.6 Å². The average molecular weight is 543 g/mol. The molecule has 2 aliphatic rings. The van der Waals surface area contributed by atoms with Crippen molar-refractivity contribution in [3.8, 4) is 0 Å². The number of carbonyl (C=O) groups is 1. The van der Waals surface area contributed by atoms with Crippen LogP contribution in [0, 0.1) is 5.82 Å². The quantitative estimate of drug-likeness (QED) is 0.536. The lowest BCUT2D eigenvalue weighted by Gasteiger charge is -2.43. The summed E-state index contributed by atoms with van der Waals surface area (Å²) in [6.07, 6.45) is 2.84. The number of halogens is 3. The van der Waals surface area contributed by atoms with E-state index in [1.807, 2.05) is 16.9 Å². The van der Waals surface area contributed by atoms with Crippen molar-refractivity contribution < 1.29 is 17.6 Å². The van der Waals surface area contributed by atoms with Crippen LogP contribution in [0.5, 0.6) is 0 Å². The third-order valence-corrected chi connectivity index (χ3v) is 7.78. The Morgan fingerprint density at radius 2 is 1.80 bits per heavy atom. The van der Waals surface area contributed by atoms with Gasteiger partial charge in [-0.05, 0) is 79.6 Å². The maximum atomic E-state index is 14.9. The van der Waals surface area contributed by atoms with Gasteiger partial charge in [-0.15, -0.1) is 0 Å². The van der Waals surface area contributed by atoms with Crippen LogP contribution in [0.1, 0.15) is 65.7 Å².